The number of phenols is 1. The molecule has 0 radical (unpaired) electrons. The van der Waals surface area contributed by atoms with Crippen LogP contribution >= 0.6 is 35.6 Å². The van der Waals surface area contributed by atoms with Gasteiger partial charge in [0, 0.05) is 73.9 Å². The standard InChI is InChI=1S/C31H30Cl2N6O6S.ClH/c1-46(44,45)39-15-12-37(13-16-39)11-14-38-10-2-3-24(31(38)43)20-4-6-21(7-5-20)29(41)36-28-25(17-23(33)18-26(28)40)30(42)35-27-9-8-22(32)19-34-27;/h2-10,17-19,40H,11-16H2,1H3,(H,36,41)(H,34,35,42);1H. The molecule has 0 spiro atoms. The fraction of sp³-hybridized carbons (Fsp3) is 0.226. The second-order valence-corrected chi connectivity index (χ2v) is 13.5. The zero-order valence-electron chi connectivity index (χ0n) is 25.0. The molecule has 0 bridgehead atoms. The average molecular weight is 722 g/mol. The summed E-state index contributed by atoms with van der Waals surface area (Å²) >= 11 is 11.9. The van der Waals surface area contributed by atoms with Crippen LogP contribution in [0, 0.1) is 0 Å². The number of rotatable bonds is 9. The fourth-order valence-electron chi connectivity index (χ4n) is 4.99. The van der Waals surface area contributed by atoms with Gasteiger partial charge in [-0.25, -0.2) is 13.4 Å². The summed E-state index contributed by atoms with van der Waals surface area (Å²) in [6.07, 6.45) is 4.27. The van der Waals surface area contributed by atoms with Crippen molar-refractivity contribution in [3.05, 3.63) is 105 Å². The number of aromatic nitrogens is 2. The largest absolute Gasteiger partial charge is 0.506 e. The molecule has 248 valence electrons. The van der Waals surface area contributed by atoms with Gasteiger partial charge in [-0.1, -0.05) is 35.3 Å². The summed E-state index contributed by atoms with van der Waals surface area (Å²) in [5.74, 6) is -1.48. The SMILES string of the molecule is CS(=O)(=O)N1CCN(CCn2cccc(-c3ccc(C(=O)Nc4c(O)cc(Cl)cc4C(=O)Nc4ccc(Cl)cn4)cc3)c2=O)CC1.Cl. The third kappa shape index (κ3) is 8.89. The van der Waals surface area contributed by atoms with Gasteiger partial charge < -0.3 is 20.3 Å². The van der Waals surface area contributed by atoms with Crippen molar-refractivity contribution in [2.45, 2.75) is 6.54 Å². The molecule has 2 aromatic heterocycles. The molecule has 3 N–H and O–H groups in total. The van der Waals surface area contributed by atoms with Gasteiger partial charge in [0.2, 0.25) is 10.0 Å². The van der Waals surface area contributed by atoms with Crippen LogP contribution in [0.4, 0.5) is 11.5 Å². The molecule has 1 aliphatic rings. The van der Waals surface area contributed by atoms with Crippen molar-refractivity contribution in [1.82, 2.24) is 18.8 Å². The third-order valence-electron chi connectivity index (χ3n) is 7.47. The Morgan fingerprint density at radius 2 is 1.62 bits per heavy atom. The fourth-order valence-corrected chi connectivity index (χ4v) is 6.14. The zero-order chi connectivity index (χ0) is 33.0. The van der Waals surface area contributed by atoms with Crippen molar-refractivity contribution in [2.75, 3.05) is 49.6 Å². The molecule has 1 fully saturated rings. The van der Waals surface area contributed by atoms with Crippen molar-refractivity contribution >= 4 is 69.0 Å². The van der Waals surface area contributed by atoms with Gasteiger partial charge >= 0.3 is 0 Å². The number of hydrogen-bond acceptors (Lipinski definition) is 8. The molecule has 12 nitrogen and oxygen atoms in total. The van der Waals surface area contributed by atoms with E-state index in [1.165, 1.54) is 47.1 Å². The molecule has 4 aromatic rings. The number of anilines is 2. The number of carbonyl (C=O) groups is 2. The molecule has 0 aliphatic carbocycles. The maximum atomic E-state index is 13.3. The minimum Gasteiger partial charge on any atom is -0.506 e. The summed E-state index contributed by atoms with van der Waals surface area (Å²) < 4.78 is 26.6. The van der Waals surface area contributed by atoms with Crippen LogP contribution in [-0.4, -0.2) is 83.1 Å². The number of halogens is 3. The van der Waals surface area contributed by atoms with E-state index in [-0.39, 0.29) is 45.6 Å². The van der Waals surface area contributed by atoms with Crippen molar-refractivity contribution in [3.63, 3.8) is 0 Å². The average Bonchev–Trinajstić information content (AvgIpc) is 3.02. The number of pyridine rings is 2. The summed E-state index contributed by atoms with van der Waals surface area (Å²) in [5, 5.41) is 16.2. The van der Waals surface area contributed by atoms with Crippen LogP contribution in [0.15, 0.2) is 77.9 Å². The lowest BCUT2D eigenvalue weighted by atomic mass is 10.0. The van der Waals surface area contributed by atoms with Crippen LogP contribution in [0.3, 0.4) is 0 Å². The van der Waals surface area contributed by atoms with Gasteiger partial charge in [0.25, 0.3) is 17.4 Å². The molecule has 47 heavy (non-hydrogen) atoms. The van der Waals surface area contributed by atoms with Crippen LogP contribution in [0.2, 0.25) is 10.0 Å². The Bertz CT molecular complexity index is 1930. The second-order valence-electron chi connectivity index (χ2n) is 10.6. The van der Waals surface area contributed by atoms with Gasteiger partial charge in [-0.3, -0.25) is 19.3 Å². The summed E-state index contributed by atoms with van der Waals surface area (Å²) in [6, 6.07) is 15.4. The van der Waals surface area contributed by atoms with Crippen molar-refractivity contribution in [3.8, 4) is 16.9 Å². The smallest absolute Gasteiger partial charge is 0.259 e. The molecule has 16 heteroatoms. The number of nitrogens with one attached hydrogen (secondary N) is 2. The predicted molar refractivity (Wildman–Crippen MR) is 185 cm³/mol. The first-order valence-electron chi connectivity index (χ1n) is 14.1. The molecule has 3 heterocycles. The quantitative estimate of drug-likeness (QED) is 0.215. The Morgan fingerprint density at radius 3 is 2.26 bits per heavy atom. The first-order valence-corrected chi connectivity index (χ1v) is 16.7. The van der Waals surface area contributed by atoms with E-state index in [1.807, 2.05) is 0 Å². The highest BCUT2D eigenvalue weighted by Gasteiger charge is 2.23. The third-order valence-corrected chi connectivity index (χ3v) is 9.22. The van der Waals surface area contributed by atoms with Crippen LogP contribution in [0.5, 0.6) is 5.75 Å². The van der Waals surface area contributed by atoms with Crippen molar-refractivity contribution in [2.24, 2.45) is 0 Å². The van der Waals surface area contributed by atoms with E-state index in [0.717, 1.165) is 0 Å². The van der Waals surface area contributed by atoms with Gasteiger partial charge in [0.15, 0.2) is 0 Å². The first kappa shape index (κ1) is 35.9. The van der Waals surface area contributed by atoms with E-state index in [1.54, 1.807) is 41.1 Å². The molecule has 2 amide bonds. The lowest BCUT2D eigenvalue weighted by molar-refractivity contribution is 0.102. The number of nitrogens with zero attached hydrogens (tertiary/aromatic N) is 4. The number of piperazine rings is 1. The first-order chi connectivity index (χ1) is 21.9. The maximum absolute atomic E-state index is 13.3. The molecule has 0 atom stereocenters. The monoisotopic (exact) mass is 720 g/mol. The summed E-state index contributed by atoms with van der Waals surface area (Å²) in [6.45, 7) is 3.03. The molecule has 1 aliphatic heterocycles. The highest BCUT2D eigenvalue weighted by molar-refractivity contribution is 7.88. The Labute approximate surface area is 287 Å². The molecular formula is C31H31Cl3N6O6S. The van der Waals surface area contributed by atoms with Crippen LogP contribution in [0.25, 0.3) is 11.1 Å². The summed E-state index contributed by atoms with van der Waals surface area (Å²) in [4.78, 5) is 45.6. The van der Waals surface area contributed by atoms with Gasteiger partial charge in [-0.15, -0.1) is 12.4 Å². The number of hydrogen-bond donors (Lipinski definition) is 3. The van der Waals surface area contributed by atoms with E-state index < -0.39 is 27.6 Å². The van der Waals surface area contributed by atoms with Crippen LogP contribution in [-0.2, 0) is 16.6 Å². The lowest BCUT2D eigenvalue weighted by Crippen LogP contribution is -2.49. The number of benzene rings is 2. The number of amides is 2. The Morgan fingerprint density at radius 1 is 0.915 bits per heavy atom. The normalized spacial score (nSPS) is 13.9. The number of aromatic hydroxyl groups is 1. The molecule has 2 aromatic carbocycles. The predicted octanol–water partition coefficient (Wildman–Crippen LogP) is 4.43. The Kier molecular flexibility index (Phi) is 11.7. The highest BCUT2D eigenvalue weighted by Crippen LogP contribution is 2.33. The van der Waals surface area contributed by atoms with E-state index in [0.29, 0.717) is 55.4 Å². The minimum absolute atomic E-state index is 0. The molecule has 5 rings (SSSR count). The van der Waals surface area contributed by atoms with Gasteiger partial charge in [-0.2, -0.15) is 4.31 Å². The van der Waals surface area contributed by atoms with Gasteiger partial charge in [0.1, 0.15) is 11.6 Å². The Hall–Kier alpha value is -3.98. The highest BCUT2D eigenvalue weighted by atomic mass is 35.5. The van der Waals surface area contributed by atoms with Gasteiger partial charge in [0.05, 0.1) is 22.5 Å². The Balaban J connectivity index is 0.00000500. The second kappa shape index (κ2) is 15.3. The molecule has 1 saturated heterocycles. The zero-order valence-corrected chi connectivity index (χ0v) is 28.2. The van der Waals surface area contributed by atoms with E-state index >= 15 is 0 Å². The van der Waals surface area contributed by atoms with E-state index in [2.05, 4.69) is 20.5 Å². The van der Waals surface area contributed by atoms with Crippen molar-refractivity contribution < 1.29 is 23.1 Å². The van der Waals surface area contributed by atoms with Crippen LogP contribution in [0.1, 0.15) is 20.7 Å². The lowest BCUT2D eigenvalue weighted by Gasteiger charge is -2.33. The molecule has 0 saturated carbocycles. The number of phenolic OH excluding ortho intramolecular Hbond substituents is 1. The summed E-state index contributed by atoms with van der Waals surface area (Å²) in [7, 11) is -3.22. The maximum Gasteiger partial charge on any atom is 0.259 e. The van der Waals surface area contributed by atoms with Gasteiger partial charge in [-0.05, 0) is 48.0 Å². The molecule has 0 unspecified atom stereocenters. The topological polar surface area (TPSA) is 154 Å². The van der Waals surface area contributed by atoms with E-state index in [9.17, 15) is 27.9 Å². The number of carbonyl (C=O) groups excluding carboxylic acids is 2. The number of sulfonamides is 1. The minimum atomic E-state index is -3.22. The summed E-state index contributed by atoms with van der Waals surface area (Å²) in [5.41, 5.74) is 0.825. The van der Waals surface area contributed by atoms with Crippen molar-refractivity contribution in [1.29, 1.82) is 0 Å². The van der Waals surface area contributed by atoms with E-state index in [4.69, 9.17) is 23.2 Å². The molecular weight excluding hydrogens is 691 g/mol. The van der Waals surface area contributed by atoms with Crippen LogP contribution < -0.4 is 16.2 Å².